The minimum atomic E-state index is 1.16. The van der Waals surface area contributed by atoms with Crippen LogP contribution in [0.1, 0.15) is 0 Å². The van der Waals surface area contributed by atoms with E-state index in [0.717, 1.165) is 6.54 Å². The fourth-order valence-corrected chi connectivity index (χ4v) is 1.44. The van der Waals surface area contributed by atoms with Crippen LogP contribution in [-0.2, 0) is 0 Å². The van der Waals surface area contributed by atoms with E-state index in [1.54, 1.807) is 0 Å². The Bertz CT molecular complexity index is 123. The van der Waals surface area contributed by atoms with Crippen molar-refractivity contribution in [1.29, 1.82) is 0 Å². The number of hydrogen-bond acceptors (Lipinski definition) is 2. The average Bonchev–Trinajstić information content (AvgIpc) is 2.21. The van der Waals surface area contributed by atoms with Crippen LogP contribution in [0.15, 0.2) is 12.3 Å². The predicted octanol–water partition coefficient (Wildman–Crippen LogP) is 0.131. The van der Waals surface area contributed by atoms with Gasteiger partial charge in [-0.2, -0.15) is 0 Å². The lowest BCUT2D eigenvalue weighted by molar-refractivity contribution is 0.197. The summed E-state index contributed by atoms with van der Waals surface area (Å²) in [5.74, 6) is 0. The van der Waals surface area contributed by atoms with E-state index in [0.29, 0.717) is 0 Å². The minimum absolute atomic E-state index is 1.16. The molecule has 2 bridgehead atoms. The van der Waals surface area contributed by atoms with Crippen LogP contribution in [-0.4, -0.2) is 42.5 Å². The molecule has 2 nitrogen and oxygen atoms in total. The first kappa shape index (κ1) is 5.30. The van der Waals surface area contributed by atoms with Crippen molar-refractivity contribution < 1.29 is 0 Å². The van der Waals surface area contributed by atoms with Gasteiger partial charge < -0.3 is 4.90 Å². The summed E-state index contributed by atoms with van der Waals surface area (Å²) in [7, 11) is 0. The van der Waals surface area contributed by atoms with Gasteiger partial charge in [-0.1, -0.05) is 6.08 Å². The normalized spacial score (nSPS) is 26.9. The van der Waals surface area contributed by atoms with Gasteiger partial charge in [0, 0.05) is 32.7 Å². The average molecular weight is 124 g/mol. The molecule has 0 N–H and O–H groups in total. The van der Waals surface area contributed by atoms with Gasteiger partial charge in [0.25, 0.3) is 0 Å². The van der Waals surface area contributed by atoms with Crippen molar-refractivity contribution in [3.8, 4) is 0 Å². The van der Waals surface area contributed by atoms with E-state index < -0.39 is 0 Å². The topological polar surface area (TPSA) is 6.48 Å². The molecule has 0 atom stereocenters. The summed E-state index contributed by atoms with van der Waals surface area (Å²) < 4.78 is 0. The van der Waals surface area contributed by atoms with Gasteiger partial charge in [0.1, 0.15) is 0 Å². The van der Waals surface area contributed by atoms with E-state index in [9.17, 15) is 0 Å². The van der Waals surface area contributed by atoms with Crippen LogP contribution in [0.2, 0.25) is 0 Å². The van der Waals surface area contributed by atoms with Crippen LogP contribution in [0.25, 0.3) is 0 Å². The second-order valence-electron chi connectivity index (χ2n) is 2.72. The molecule has 3 rings (SSSR count). The Labute approximate surface area is 55.7 Å². The fraction of sp³-hybridized carbons (Fsp3) is 0.714. The largest absolute Gasteiger partial charge is 0.375 e. The molecule has 0 aliphatic carbocycles. The highest BCUT2D eigenvalue weighted by Gasteiger charge is 2.15. The van der Waals surface area contributed by atoms with Gasteiger partial charge in [-0.05, 0) is 6.20 Å². The van der Waals surface area contributed by atoms with Crippen molar-refractivity contribution in [2.75, 3.05) is 32.7 Å². The molecule has 50 valence electrons. The van der Waals surface area contributed by atoms with Gasteiger partial charge in [0.15, 0.2) is 0 Å². The molecule has 0 aromatic heterocycles. The summed E-state index contributed by atoms with van der Waals surface area (Å²) >= 11 is 0. The minimum Gasteiger partial charge on any atom is -0.375 e. The molecule has 0 aromatic carbocycles. The van der Waals surface area contributed by atoms with Crippen LogP contribution in [0.4, 0.5) is 0 Å². The van der Waals surface area contributed by atoms with Crippen molar-refractivity contribution >= 4 is 0 Å². The summed E-state index contributed by atoms with van der Waals surface area (Å²) in [6.07, 6.45) is 4.48. The van der Waals surface area contributed by atoms with Crippen LogP contribution in [0, 0.1) is 0 Å². The second kappa shape index (κ2) is 2.03. The maximum Gasteiger partial charge on any atom is 0.0300 e. The molecule has 0 radical (unpaired) electrons. The Morgan fingerprint density at radius 3 is 2.56 bits per heavy atom. The molecule has 0 spiro atoms. The Kier molecular flexibility index (Phi) is 1.19. The first-order valence-corrected chi connectivity index (χ1v) is 3.58. The summed E-state index contributed by atoms with van der Waals surface area (Å²) in [5.41, 5.74) is 0. The summed E-state index contributed by atoms with van der Waals surface area (Å²) in [6, 6.07) is 0. The molecular weight excluding hydrogens is 112 g/mol. The van der Waals surface area contributed by atoms with Crippen molar-refractivity contribution in [3.05, 3.63) is 12.3 Å². The Balaban J connectivity index is 2.13. The van der Waals surface area contributed by atoms with E-state index >= 15 is 0 Å². The molecule has 3 aliphatic rings. The zero-order chi connectivity index (χ0) is 6.10. The van der Waals surface area contributed by atoms with Gasteiger partial charge in [0.2, 0.25) is 0 Å². The van der Waals surface area contributed by atoms with Gasteiger partial charge in [-0.25, -0.2) is 0 Å². The van der Waals surface area contributed by atoms with Crippen LogP contribution < -0.4 is 0 Å². The summed E-state index contributed by atoms with van der Waals surface area (Å²) in [4.78, 5) is 4.88. The Hall–Kier alpha value is -0.500. The Morgan fingerprint density at radius 1 is 1.00 bits per heavy atom. The van der Waals surface area contributed by atoms with Gasteiger partial charge in [-0.3, -0.25) is 4.90 Å². The molecule has 0 aromatic rings. The van der Waals surface area contributed by atoms with Crippen LogP contribution in [0.3, 0.4) is 0 Å². The molecule has 0 unspecified atom stereocenters. The summed E-state index contributed by atoms with van der Waals surface area (Å²) in [5, 5.41) is 0. The Morgan fingerprint density at radius 2 is 1.78 bits per heavy atom. The smallest absolute Gasteiger partial charge is 0.0300 e. The third-order valence-corrected chi connectivity index (χ3v) is 2.09. The van der Waals surface area contributed by atoms with Crippen molar-refractivity contribution in [3.63, 3.8) is 0 Å². The first-order chi connectivity index (χ1) is 4.45. The molecule has 2 heteroatoms. The van der Waals surface area contributed by atoms with Crippen molar-refractivity contribution in [1.82, 2.24) is 9.80 Å². The predicted molar refractivity (Wildman–Crippen MR) is 37.2 cm³/mol. The SMILES string of the molecule is C1=CN2CCN(C1)CC2. The van der Waals surface area contributed by atoms with Gasteiger partial charge in [0.05, 0.1) is 0 Å². The second-order valence-corrected chi connectivity index (χ2v) is 2.72. The highest BCUT2D eigenvalue weighted by atomic mass is 15.3. The van der Waals surface area contributed by atoms with E-state index in [2.05, 4.69) is 22.1 Å². The van der Waals surface area contributed by atoms with Crippen molar-refractivity contribution in [2.45, 2.75) is 0 Å². The lowest BCUT2D eigenvalue weighted by Gasteiger charge is -2.29. The number of rotatable bonds is 0. The third kappa shape index (κ3) is 0.944. The lowest BCUT2D eigenvalue weighted by Crippen LogP contribution is -2.41. The molecule has 0 saturated carbocycles. The molecular formula is C7H12N2. The van der Waals surface area contributed by atoms with E-state index in [1.165, 1.54) is 26.2 Å². The van der Waals surface area contributed by atoms with E-state index in [1.807, 2.05) is 0 Å². The van der Waals surface area contributed by atoms with E-state index in [-0.39, 0.29) is 0 Å². The van der Waals surface area contributed by atoms with Gasteiger partial charge >= 0.3 is 0 Å². The number of fused-ring (bicyclic) bond motifs is 3. The zero-order valence-electron chi connectivity index (χ0n) is 5.58. The molecule has 9 heavy (non-hydrogen) atoms. The highest BCUT2D eigenvalue weighted by Crippen LogP contribution is 2.05. The van der Waals surface area contributed by atoms with Crippen LogP contribution in [0.5, 0.6) is 0 Å². The van der Waals surface area contributed by atoms with E-state index in [4.69, 9.17) is 0 Å². The van der Waals surface area contributed by atoms with Crippen molar-refractivity contribution in [2.24, 2.45) is 0 Å². The number of nitrogens with zero attached hydrogens (tertiary/aromatic N) is 2. The zero-order valence-corrected chi connectivity index (χ0v) is 5.58. The summed E-state index contributed by atoms with van der Waals surface area (Å²) in [6.45, 7) is 6.14. The molecule has 1 saturated heterocycles. The standard InChI is InChI=1S/C7H12N2/c1-2-8-4-6-9(3-1)7-5-8/h1-2H,3-7H2. The maximum atomic E-state index is 2.49. The quantitative estimate of drug-likeness (QED) is 0.453. The third-order valence-electron chi connectivity index (χ3n) is 2.09. The number of hydrogen-bond donors (Lipinski definition) is 0. The molecule has 3 aliphatic heterocycles. The molecule has 1 fully saturated rings. The lowest BCUT2D eigenvalue weighted by atomic mass is 10.4. The molecule has 0 amide bonds. The number of piperazine rings is 1. The van der Waals surface area contributed by atoms with Crippen LogP contribution >= 0.6 is 0 Å². The maximum absolute atomic E-state index is 2.49. The van der Waals surface area contributed by atoms with Gasteiger partial charge in [-0.15, -0.1) is 0 Å². The highest BCUT2D eigenvalue weighted by molar-refractivity contribution is 4.93. The fourth-order valence-electron chi connectivity index (χ4n) is 1.44. The monoisotopic (exact) mass is 124 g/mol. The first-order valence-electron chi connectivity index (χ1n) is 3.58. The molecule has 3 heterocycles.